The number of carbonyl (C=O) groups is 2. The van der Waals surface area contributed by atoms with Crippen LogP contribution in [0.3, 0.4) is 0 Å². The van der Waals surface area contributed by atoms with Gasteiger partial charge >= 0.3 is 0 Å². The number of carbonyl (C=O) groups excluding carboxylic acids is 2. The maximum atomic E-state index is 13.6. The quantitative estimate of drug-likeness (QED) is 0.402. The van der Waals surface area contributed by atoms with E-state index in [1.807, 2.05) is 61.5 Å². The molecule has 33 heavy (non-hydrogen) atoms. The molecule has 1 atom stereocenters. The van der Waals surface area contributed by atoms with Gasteiger partial charge in [-0.2, -0.15) is 0 Å². The zero-order chi connectivity index (χ0) is 23.6. The first-order chi connectivity index (χ1) is 16.0. The third-order valence-electron chi connectivity index (χ3n) is 5.33. The fraction of sp³-hybridized carbons (Fsp3) is 0.259. The number of nitrogens with one attached hydrogen (secondary N) is 1. The van der Waals surface area contributed by atoms with Crippen LogP contribution in [0.5, 0.6) is 0 Å². The molecular weight excluding hydrogens is 455 g/mol. The molecule has 172 valence electrons. The summed E-state index contributed by atoms with van der Waals surface area (Å²) in [6.07, 6.45) is 1.39. The lowest BCUT2D eigenvalue weighted by atomic mass is 10.0. The Balaban J connectivity index is 1.94. The van der Waals surface area contributed by atoms with E-state index >= 15 is 0 Å². The van der Waals surface area contributed by atoms with Crippen molar-refractivity contribution in [3.63, 3.8) is 0 Å². The molecule has 6 heteroatoms. The van der Waals surface area contributed by atoms with E-state index < -0.39 is 6.04 Å². The second-order valence-corrected chi connectivity index (χ2v) is 8.82. The first kappa shape index (κ1) is 24.8. The van der Waals surface area contributed by atoms with Crippen LogP contribution in [0.1, 0.15) is 30.0 Å². The Morgan fingerprint density at radius 1 is 0.848 bits per heavy atom. The molecule has 2 amide bonds. The van der Waals surface area contributed by atoms with Gasteiger partial charge in [-0.25, -0.2) is 0 Å². The van der Waals surface area contributed by atoms with Gasteiger partial charge < -0.3 is 10.2 Å². The van der Waals surface area contributed by atoms with Gasteiger partial charge in [0.2, 0.25) is 11.8 Å². The summed E-state index contributed by atoms with van der Waals surface area (Å²) in [4.78, 5) is 28.5. The molecule has 0 bridgehead atoms. The maximum absolute atomic E-state index is 13.6. The van der Waals surface area contributed by atoms with Crippen LogP contribution in [0.15, 0.2) is 78.9 Å². The monoisotopic (exact) mass is 482 g/mol. The minimum atomic E-state index is -0.652. The van der Waals surface area contributed by atoms with Gasteiger partial charge in [0.15, 0.2) is 0 Å². The summed E-state index contributed by atoms with van der Waals surface area (Å²) >= 11 is 12.2. The van der Waals surface area contributed by atoms with E-state index in [0.29, 0.717) is 29.6 Å². The molecule has 3 rings (SSSR count). The summed E-state index contributed by atoms with van der Waals surface area (Å²) in [6.45, 7) is 2.86. The number of amides is 2. The van der Waals surface area contributed by atoms with Gasteiger partial charge in [0, 0.05) is 29.6 Å². The van der Waals surface area contributed by atoms with E-state index in [1.54, 1.807) is 29.2 Å². The largest absolute Gasteiger partial charge is 0.354 e. The van der Waals surface area contributed by atoms with Crippen molar-refractivity contribution >= 4 is 35.0 Å². The summed E-state index contributed by atoms with van der Waals surface area (Å²) in [5.41, 5.74) is 2.70. The van der Waals surface area contributed by atoms with Crippen molar-refractivity contribution < 1.29 is 9.59 Å². The number of rotatable bonds is 10. The molecule has 0 aliphatic carbocycles. The average Bonchev–Trinajstić information content (AvgIpc) is 2.81. The first-order valence-electron chi connectivity index (χ1n) is 11.1. The van der Waals surface area contributed by atoms with Crippen molar-refractivity contribution in [3.05, 3.63) is 106 Å². The summed E-state index contributed by atoms with van der Waals surface area (Å²) in [5, 5.41) is 4.18. The van der Waals surface area contributed by atoms with Gasteiger partial charge in [0.05, 0.1) is 6.42 Å². The molecule has 0 heterocycles. The molecular formula is C27H28Cl2N2O2. The zero-order valence-corrected chi connectivity index (χ0v) is 20.1. The molecule has 4 nitrogen and oxygen atoms in total. The van der Waals surface area contributed by atoms with Gasteiger partial charge in [-0.3, -0.25) is 9.59 Å². The summed E-state index contributed by atoms with van der Waals surface area (Å²) < 4.78 is 0. The number of benzene rings is 3. The van der Waals surface area contributed by atoms with Crippen LogP contribution in [0.2, 0.25) is 10.0 Å². The van der Waals surface area contributed by atoms with Crippen molar-refractivity contribution in [1.29, 1.82) is 0 Å². The highest BCUT2D eigenvalue weighted by atomic mass is 35.5. The molecule has 0 saturated heterocycles. The van der Waals surface area contributed by atoms with Crippen LogP contribution in [-0.4, -0.2) is 29.3 Å². The average molecular weight is 483 g/mol. The lowest BCUT2D eigenvalue weighted by molar-refractivity contribution is -0.140. The molecule has 3 aromatic carbocycles. The molecule has 1 N–H and O–H groups in total. The summed E-state index contributed by atoms with van der Waals surface area (Å²) in [7, 11) is 0. The molecule has 0 spiro atoms. The third-order valence-corrected chi connectivity index (χ3v) is 5.82. The molecule has 3 aromatic rings. The van der Waals surface area contributed by atoms with Gasteiger partial charge in [-0.15, -0.1) is 0 Å². The van der Waals surface area contributed by atoms with Crippen molar-refractivity contribution in [2.75, 3.05) is 6.54 Å². The van der Waals surface area contributed by atoms with Crippen molar-refractivity contribution in [2.45, 2.75) is 38.8 Å². The fourth-order valence-electron chi connectivity index (χ4n) is 3.63. The Hall–Kier alpha value is -2.82. The Morgan fingerprint density at radius 3 is 2.21 bits per heavy atom. The number of nitrogens with zero attached hydrogens (tertiary/aromatic N) is 1. The number of hydrogen-bond donors (Lipinski definition) is 1. The normalized spacial score (nSPS) is 11.6. The SMILES string of the molecule is CCCNC(=O)[C@H](Cc1ccccc1)N(Cc1ccc(Cl)cc1)C(=O)Cc1cccc(Cl)c1. The van der Waals surface area contributed by atoms with E-state index in [0.717, 1.165) is 23.1 Å². The van der Waals surface area contributed by atoms with Gasteiger partial charge in [-0.1, -0.05) is 84.7 Å². The third kappa shape index (κ3) is 7.62. The van der Waals surface area contributed by atoms with Crippen LogP contribution >= 0.6 is 23.2 Å². The molecule has 0 fully saturated rings. The molecule has 0 saturated carbocycles. The van der Waals surface area contributed by atoms with Crippen LogP contribution in [0.4, 0.5) is 0 Å². The molecule has 0 aromatic heterocycles. The van der Waals surface area contributed by atoms with Crippen LogP contribution in [0, 0.1) is 0 Å². The second kappa shape index (κ2) is 12.4. The predicted molar refractivity (Wildman–Crippen MR) is 134 cm³/mol. The van der Waals surface area contributed by atoms with Crippen molar-refractivity contribution in [2.24, 2.45) is 0 Å². The van der Waals surface area contributed by atoms with Crippen molar-refractivity contribution in [3.8, 4) is 0 Å². The Labute approximate surface area is 205 Å². The van der Waals surface area contributed by atoms with Crippen LogP contribution in [-0.2, 0) is 29.0 Å². The highest BCUT2D eigenvalue weighted by Crippen LogP contribution is 2.19. The van der Waals surface area contributed by atoms with E-state index in [4.69, 9.17) is 23.2 Å². The minimum Gasteiger partial charge on any atom is -0.354 e. The molecule has 0 aliphatic rings. The maximum Gasteiger partial charge on any atom is 0.243 e. The first-order valence-corrected chi connectivity index (χ1v) is 11.8. The molecule has 0 aliphatic heterocycles. The lowest BCUT2D eigenvalue weighted by Crippen LogP contribution is -2.51. The minimum absolute atomic E-state index is 0.139. The van der Waals surface area contributed by atoms with Crippen LogP contribution in [0.25, 0.3) is 0 Å². The zero-order valence-electron chi connectivity index (χ0n) is 18.6. The standard InChI is InChI=1S/C27H28Cl2N2O2/c1-2-15-30-27(33)25(17-20-7-4-3-5-8-20)31(19-21-11-13-23(28)14-12-21)26(32)18-22-9-6-10-24(29)16-22/h3-14,16,25H,2,15,17-19H2,1H3,(H,30,33)/t25-/m0/s1. The second-order valence-electron chi connectivity index (χ2n) is 7.95. The number of hydrogen-bond acceptors (Lipinski definition) is 2. The Morgan fingerprint density at radius 2 is 1.55 bits per heavy atom. The predicted octanol–water partition coefficient (Wildman–Crippen LogP) is 5.70. The lowest BCUT2D eigenvalue weighted by Gasteiger charge is -2.31. The molecule has 0 radical (unpaired) electrons. The number of halogens is 2. The smallest absolute Gasteiger partial charge is 0.243 e. The van der Waals surface area contributed by atoms with Gasteiger partial charge in [0.25, 0.3) is 0 Å². The highest BCUT2D eigenvalue weighted by molar-refractivity contribution is 6.30. The Bertz CT molecular complexity index is 1060. The van der Waals surface area contributed by atoms with E-state index in [9.17, 15) is 9.59 Å². The van der Waals surface area contributed by atoms with E-state index in [2.05, 4.69) is 5.32 Å². The van der Waals surface area contributed by atoms with E-state index in [1.165, 1.54) is 0 Å². The summed E-state index contributed by atoms with van der Waals surface area (Å²) in [5.74, 6) is -0.297. The summed E-state index contributed by atoms with van der Waals surface area (Å²) in [6, 6.07) is 23.7. The Kier molecular flexibility index (Phi) is 9.35. The fourth-order valence-corrected chi connectivity index (χ4v) is 3.97. The highest BCUT2D eigenvalue weighted by Gasteiger charge is 2.30. The van der Waals surface area contributed by atoms with Crippen LogP contribution < -0.4 is 5.32 Å². The molecule has 0 unspecified atom stereocenters. The van der Waals surface area contributed by atoms with Gasteiger partial charge in [-0.05, 0) is 47.4 Å². The van der Waals surface area contributed by atoms with Crippen molar-refractivity contribution in [1.82, 2.24) is 10.2 Å². The van der Waals surface area contributed by atoms with Gasteiger partial charge in [0.1, 0.15) is 6.04 Å². The topological polar surface area (TPSA) is 49.4 Å². The van der Waals surface area contributed by atoms with E-state index in [-0.39, 0.29) is 18.2 Å².